The first-order valence-corrected chi connectivity index (χ1v) is 12.7. The van der Waals surface area contributed by atoms with Crippen molar-refractivity contribution in [1.82, 2.24) is 15.0 Å². The topological polar surface area (TPSA) is 122 Å². The number of anilines is 2. The molecule has 2 fully saturated rings. The van der Waals surface area contributed by atoms with Gasteiger partial charge in [-0.25, -0.2) is 18.2 Å². The lowest BCUT2D eigenvalue weighted by Gasteiger charge is -2.21. The third-order valence-corrected chi connectivity index (χ3v) is 7.28. The van der Waals surface area contributed by atoms with E-state index in [0.717, 1.165) is 34.5 Å². The van der Waals surface area contributed by atoms with Crippen molar-refractivity contribution in [1.29, 1.82) is 0 Å². The van der Waals surface area contributed by atoms with Crippen molar-refractivity contribution in [2.45, 2.75) is 51.4 Å². The molecule has 0 aliphatic heterocycles. The van der Waals surface area contributed by atoms with Crippen molar-refractivity contribution >= 4 is 52.6 Å². The number of aryl methyl sites for hydroxylation is 2. The molecule has 3 aromatic heterocycles. The van der Waals surface area contributed by atoms with E-state index in [9.17, 15) is 14.4 Å². The lowest BCUT2D eigenvalue weighted by molar-refractivity contribution is 0.0960. The minimum absolute atomic E-state index is 0.138. The molecule has 2 aliphatic rings. The largest absolute Gasteiger partial charge is 0.366 e. The average molecular weight is 557 g/mol. The van der Waals surface area contributed by atoms with Crippen LogP contribution in [0.25, 0.3) is 0 Å². The van der Waals surface area contributed by atoms with Crippen LogP contribution in [0.3, 0.4) is 0 Å². The molecule has 0 aromatic carbocycles. The standard InChI is InChI=1S/C26H23Cl2FN6O3/c1-12-7-9-31-18(14-3-4-14)22(12)34(27)25(37)20-16(24(30)36)11-17(29)21(33-20)26(38)35(28)23-13(2)8-10-32-19(23)15-5-6-15/h7-11,14-15H,3-6H2,1-2H3,(H2,30,36). The van der Waals surface area contributed by atoms with E-state index in [2.05, 4.69) is 15.0 Å². The Morgan fingerprint density at radius 2 is 1.32 bits per heavy atom. The first-order chi connectivity index (χ1) is 18.1. The van der Waals surface area contributed by atoms with Crippen molar-refractivity contribution in [3.63, 3.8) is 0 Å². The summed E-state index contributed by atoms with van der Waals surface area (Å²) in [7, 11) is 0. The van der Waals surface area contributed by atoms with Gasteiger partial charge < -0.3 is 5.73 Å². The Morgan fingerprint density at radius 1 is 0.868 bits per heavy atom. The van der Waals surface area contributed by atoms with Gasteiger partial charge in [-0.05, 0) is 68.9 Å². The fraction of sp³-hybridized carbons (Fsp3) is 0.308. The molecule has 2 N–H and O–H groups in total. The zero-order valence-electron chi connectivity index (χ0n) is 20.5. The lowest BCUT2D eigenvalue weighted by Crippen LogP contribution is -2.31. The molecule has 0 radical (unpaired) electrons. The van der Waals surface area contributed by atoms with Gasteiger partial charge in [-0.1, -0.05) is 0 Å². The summed E-state index contributed by atoms with van der Waals surface area (Å²) in [5, 5.41) is 0. The van der Waals surface area contributed by atoms with Crippen LogP contribution in [0.1, 0.15) is 91.4 Å². The van der Waals surface area contributed by atoms with Gasteiger partial charge in [-0.15, -0.1) is 0 Å². The van der Waals surface area contributed by atoms with Crippen LogP contribution in [0.2, 0.25) is 0 Å². The highest BCUT2D eigenvalue weighted by molar-refractivity contribution is 6.41. The molecule has 5 rings (SSSR count). The van der Waals surface area contributed by atoms with Crippen LogP contribution in [0.15, 0.2) is 30.6 Å². The van der Waals surface area contributed by atoms with E-state index in [1.54, 1.807) is 38.4 Å². The maximum absolute atomic E-state index is 15.2. The molecule has 196 valence electrons. The predicted molar refractivity (Wildman–Crippen MR) is 140 cm³/mol. The van der Waals surface area contributed by atoms with Crippen LogP contribution >= 0.6 is 23.6 Å². The van der Waals surface area contributed by atoms with Crippen molar-refractivity contribution in [2.75, 3.05) is 8.84 Å². The summed E-state index contributed by atoms with van der Waals surface area (Å²) < 4.78 is 16.7. The summed E-state index contributed by atoms with van der Waals surface area (Å²) in [5.41, 5.74) is 6.78. The number of carbonyl (C=O) groups excluding carboxylic acids is 3. The quantitative estimate of drug-likeness (QED) is 0.404. The summed E-state index contributed by atoms with van der Waals surface area (Å²) in [6, 6.07) is 4.06. The van der Waals surface area contributed by atoms with Gasteiger partial charge in [0.2, 0.25) is 0 Å². The molecule has 9 nitrogen and oxygen atoms in total. The minimum Gasteiger partial charge on any atom is -0.366 e. The van der Waals surface area contributed by atoms with Crippen LogP contribution in [0, 0.1) is 19.7 Å². The molecule has 0 saturated heterocycles. The zero-order valence-corrected chi connectivity index (χ0v) is 22.1. The second-order valence-electron chi connectivity index (χ2n) is 9.52. The van der Waals surface area contributed by atoms with Crippen LogP contribution in [-0.2, 0) is 0 Å². The number of hydrogen-bond donors (Lipinski definition) is 1. The number of hydrogen-bond acceptors (Lipinski definition) is 6. The van der Waals surface area contributed by atoms with Gasteiger partial charge in [0.1, 0.15) is 5.69 Å². The summed E-state index contributed by atoms with van der Waals surface area (Å²) >= 11 is 12.9. The zero-order chi connectivity index (χ0) is 27.3. The molecular formula is C26H23Cl2FN6O3. The van der Waals surface area contributed by atoms with E-state index < -0.39 is 40.5 Å². The summed E-state index contributed by atoms with van der Waals surface area (Å²) in [5.74, 6) is -4.01. The number of carbonyl (C=O) groups is 3. The third kappa shape index (κ3) is 4.69. The number of nitrogens with zero attached hydrogens (tertiary/aromatic N) is 5. The Labute approximate surface area is 228 Å². The molecule has 0 atom stereocenters. The lowest BCUT2D eigenvalue weighted by atomic mass is 10.1. The van der Waals surface area contributed by atoms with Gasteiger partial charge >= 0.3 is 0 Å². The van der Waals surface area contributed by atoms with Crippen molar-refractivity contribution in [3.8, 4) is 0 Å². The normalized spacial score (nSPS) is 14.8. The second-order valence-corrected chi connectivity index (χ2v) is 10.2. The Bertz CT molecular complexity index is 1490. The molecule has 3 heterocycles. The maximum Gasteiger partial charge on any atom is 0.294 e. The van der Waals surface area contributed by atoms with E-state index in [-0.39, 0.29) is 11.8 Å². The van der Waals surface area contributed by atoms with Crippen molar-refractivity contribution in [2.24, 2.45) is 5.73 Å². The Morgan fingerprint density at radius 3 is 1.74 bits per heavy atom. The first kappa shape index (κ1) is 26.0. The number of halogens is 3. The van der Waals surface area contributed by atoms with E-state index >= 15 is 4.39 Å². The molecule has 2 aliphatic carbocycles. The van der Waals surface area contributed by atoms with Crippen molar-refractivity contribution < 1.29 is 18.8 Å². The molecular weight excluding hydrogens is 534 g/mol. The van der Waals surface area contributed by atoms with Gasteiger partial charge in [0.15, 0.2) is 11.5 Å². The van der Waals surface area contributed by atoms with Crippen LogP contribution in [0.4, 0.5) is 15.8 Å². The highest BCUT2D eigenvalue weighted by atomic mass is 35.5. The van der Waals surface area contributed by atoms with Gasteiger partial charge in [0.25, 0.3) is 17.7 Å². The third-order valence-electron chi connectivity index (χ3n) is 6.63. The van der Waals surface area contributed by atoms with Gasteiger partial charge in [0, 0.05) is 47.8 Å². The number of primary amides is 1. The Kier molecular flexibility index (Phi) is 6.79. The molecule has 38 heavy (non-hydrogen) atoms. The molecule has 12 heteroatoms. The summed E-state index contributed by atoms with van der Waals surface area (Å²) in [6.45, 7) is 3.51. The van der Waals surface area contributed by atoms with Crippen LogP contribution in [-0.4, -0.2) is 32.7 Å². The molecule has 0 bridgehead atoms. The molecule has 3 aromatic rings. The first-order valence-electron chi connectivity index (χ1n) is 12.0. The van der Waals surface area contributed by atoms with Crippen LogP contribution in [0.5, 0.6) is 0 Å². The van der Waals surface area contributed by atoms with Crippen molar-refractivity contribution in [3.05, 3.63) is 75.9 Å². The van der Waals surface area contributed by atoms with Gasteiger partial charge in [0.05, 0.1) is 28.3 Å². The van der Waals surface area contributed by atoms with E-state index in [0.29, 0.717) is 40.0 Å². The van der Waals surface area contributed by atoms with E-state index in [1.807, 2.05) is 0 Å². The molecule has 2 saturated carbocycles. The molecule has 3 amide bonds. The van der Waals surface area contributed by atoms with E-state index in [1.165, 1.54) is 0 Å². The highest BCUT2D eigenvalue weighted by Crippen LogP contribution is 2.46. The monoisotopic (exact) mass is 556 g/mol. The smallest absolute Gasteiger partial charge is 0.294 e. The number of pyridine rings is 3. The fourth-order valence-electron chi connectivity index (χ4n) is 4.34. The highest BCUT2D eigenvalue weighted by Gasteiger charge is 2.36. The Balaban J connectivity index is 1.56. The predicted octanol–water partition coefficient (Wildman–Crippen LogP) is 5.08. The number of nitrogens with two attached hydrogens (primary N) is 1. The number of rotatable bonds is 7. The maximum atomic E-state index is 15.2. The second kappa shape index (κ2) is 9.92. The summed E-state index contributed by atoms with van der Waals surface area (Å²) in [4.78, 5) is 51.8. The fourth-order valence-corrected chi connectivity index (χ4v) is 4.94. The Hall–Kier alpha value is -3.63. The number of amides is 3. The molecule has 0 unspecified atom stereocenters. The molecule has 0 spiro atoms. The number of aromatic nitrogens is 3. The minimum atomic E-state index is -1.17. The SMILES string of the molecule is Cc1ccnc(C2CC2)c1N(Cl)C(=O)c1nc(C(=O)N(Cl)c2c(C)ccnc2C2CC2)c(C(N)=O)cc1F. The van der Waals surface area contributed by atoms with Gasteiger partial charge in [-0.3, -0.25) is 24.4 Å². The van der Waals surface area contributed by atoms with Crippen LogP contribution < -0.4 is 14.6 Å². The van der Waals surface area contributed by atoms with E-state index in [4.69, 9.17) is 29.3 Å². The average Bonchev–Trinajstić information content (AvgIpc) is 3.80. The van der Waals surface area contributed by atoms with Gasteiger partial charge in [-0.2, -0.15) is 0 Å². The summed E-state index contributed by atoms with van der Waals surface area (Å²) in [6.07, 6.45) is 6.81.